The molecular formula is C15H22N2O4. The van der Waals surface area contributed by atoms with Gasteiger partial charge in [0.05, 0.1) is 18.4 Å². The van der Waals surface area contributed by atoms with Crippen LogP contribution in [0.25, 0.3) is 0 Å². The third-order valence-electron chi connectivity index (χ3n) is 4.55. The first-order valence-corrected chi connectivity index (χ1v) is 7.26. The second-order valence-electron chi connectivity index (χ2n) is 5.98. The third-order valence-corrected chi connectivity index (χ3v) is 4.55. The molecule has 0 saturated heterocycles. The van der Waals surface area contributed by atoms with Crippen LogP contribution in [0.3, 0.4) is 0 Å². The Balaban J connectivity index is 2.15. The van der Waals surface area contributed by atoms with Crippen LogP contribution in [-0.2, 0) is 14.4 Å². The van der Waals surface area contributed by atoms with E-state index < -0.39 is 17.8 Å². The zero-order valence-electron chi connectivity index (χ0n) is 12.7. The fourth-order valence-corrected chi connectivity index (χ4v) is 3.36. The van der Waals surface area contributed by atoms with E-state index >= 15 is 0 Å². The average Bonchev–Trinajstić information content (AvgIpc) is 3.03. The second-order valence-corrected chi connectivity index (χ2v) is 5.98. The van der Waals surface area contributed by atoms with Crippen molar-refractivity contribution in [2.45, 2.75) is 13.3 Å². The van der Waals surface area contributed by atoms with Crippen molar-refractivity contribution in [3.8, 4) is 0 Å². The van der Waals surface area contributed by atoms with Crippen LogP contribution in [0.4, 0.5) is 0 Å². The lowest BCUT2D eigenvalue weighted by Crippen LogP contribution is -2.46. The highest BCUT2D eigenvalue weighted by Crippen LogP contribution is 2.48. The first kappa shape index (κ1) is 15.5. The molecule has 0 radical (unpaired) electrons. The maximum atomic E-state index is 12.7. The molecule has 6 heteroatoms. The van der Waals surface area contributed by atoms with Gasteiger partial charge in [0, 0.05) is 20.6 Å². The summed E-state index contributed by atoms with van der Waals surface area (Å²) in [7, 11) is 3.28. The summed E-state index contributed by atoms with van der Waals surface area (Å²) < 4.78 is 0. The lowest BCUT2D eigenvalue weighted by molar-refractivity contribution is -0.152. The van der Waals surface area contributed by atoms with Gasteiger partial charge in [-0.2, -0.15) is 0 Å². The summed E-state index contributed by atoms with van der Waals surface area (Å²) in [6, 6.07) is 0. The minimum absolute atomic E-state index is 0.00622. The van der Waals surface area contributed by atoms with Crippen LogP contribution >= 0.6 is 0 Å². The third kappa shape index (κ3) is 2.80. The lowest BCUT2D eigenvalue weighted by Gasteiger charge is -2.30. The molecule has 2 bridgehead atoms. The molecule has 2 amide bonds. The average molecular weight is 294 g/mol. The fraction of sp³-hybridized carbons (Fsp3) is 0.667. The predicted molar refractivity (Wildman–Crippen MR) is 76.3 cm³/mol. The summed E-state index contributed by atoms with van der Waals surface area (Å²) in [5, 5.41) is 9.40. The summed E-state index contributed by atoms with van der Waals surface area (Å²) in [6.45, 7) is 2.22. The van der Waals surface area contributed by atoms with Crippen LogP contribution in [0.15, 0.2) is 12.2 Å². The normalized spacial score (nSPS) is 29.5. The molecule has 1 saturated carbocycles. The van der Waals surface area contributed by atoms with Crippen LogP contribution in [0.5, 0.6) is 0 Å². The summed E-state index contributed by atoms with van der Waals surface area (Å²) >= 11 is 0. The minimum atomic E-state index is -0.916. The van der Waals surface area contributed by atoms with E-state index in [4.69, 9.17) is 0 Å². The molecule has 0 aliphatic heterocycles. The Morgan fingerprint density at radius 1 is 1.14 bits per heavy atom. The predicted octanol–water partition coefficient (Wildman–Crippen LogP) is 0.446. The van der Waals surface area contributed by atoms with Crippen molar-refractivity contribution in [2.75, 3.05) is 27.2 Å². The molecule has 0 aromatic heterocycles. The summed E-state index contributed by atoms with van der Waals surface area (Å²) in [5.74, 6) is -2.53. The number of carboxylic acids is 1. The van der Waals surface area contributed by atoms with Crippen molar-refractivity contribution < 1.29 is 19.5 Å². The molecule has 21 heavy (non-hydrogen) atoms. The number of fused-ring (bicyclic) bond motifs is 2. The van der Waals surface area contributed by atoms with E-state index in [1.54, 1.807) is 21.0 Å². The number of likely N-dealkylation sites (N-methyl/N-ethyl adjacent to an activating group) is 2. The van der Waals surface area contributed by atoms with Gasteiger partial charge in [0.15, 0.2) is 0 Å². The summed E-state index contributed by atoms with van der Waals surface area (Å²) in [4.78, 5) is 38.9. The Morgan fingerprint density at radius 3 is 2.19 bits per heavy atom. The number of carbonyl (C=O) groups excluding carboxylic acids is 2. The standard InChI is InChI=1S/C15H22N2O4/c1-4-17(8-11(18)16(2)3)14(19)12-9-5-6-10(7-9)13(12)15(20)21/h5-6,9-10,12-13H,4,7-8H2,1-3H3,(H,20,21). The number of nitrogens with zero attached hydrogens (tertiary/aromatic N) is 2. The van der Waals surface area contributed by atoms with E-state index in [-0.39, 0.29) is 30.2 Å². The molecule has 4 atom stereocenters. The fourth-order valence-electron chi connectivity index (χ4n) is 3.36. The number of allylic oxidation sites excluding steroid dienone is 2. The molecule has 1 fully saturated rings. The molecule has 2 aliphatic rings. The monoisotopic (exact) mass is 294 g/mol. The molecule has 0 spiro atoms. The number of hydrogen-bond acceptors (Lipinski definition) is 3. The quantitative estimate of drug-likeness (QED) is 0.747. The van der Waals surface area contributed by atoms with Crippen LogP contribution in [0, 0.1) is 23.7 Å². The Kier molecular flexibility index (Phi) is 4.34. The summed E-state index contributed by atoms with van der Waals surface area (Å²) in [5.41, 5.74) is 0. The zero-order valence-corrected chi connectivity index (χ0v) is 12.7. The van der Waals surface area contributed by atoms with Crippen molar-refractivity contribution in [3.63, 3.8) is 0 Å². The molecule has 0 aromatic rings. The van der Waals surface area contributed by atoms with E-state index in [9.17, 15) is 19.5 Å². The van der Waals surface area contributed by atoms with E-state index in [2.05, 4.69) is 0 Å². The van der Waals surface area contributed by atoms with Crippen LogP contribution in [0.2, 0.25) is 0 Å². The molecule has 0 aromatic carbocycles. The SMILES string of the molecule is CCN(CC(=O)N(C)C)C(=O)C1C2C=CC(C2)C1C(=O)O. The van der Waals surface area contributed by atoms with Crippen molar-refractivity contribution in [2.24, 2.45) is 23.7 Å². The number of rotatable bonds is 5. The summed E-state index contributed by atoms with van der Waals surface area (Å²) in [6.07, 6.45) is 4.59. The van der Waals surface area contributed by atoms with E-state index in [1.807, 2.05) is 12.2 Å². The molecule has 116 valence electrons. The number of hydrogen-bond donors (Lipinski definition) is 1. The number of carboxylic acid groups (broad SMARTS) is 1. The van der Waals surface area contributed by atoms with Gasteiger partial charge in [0.1, 0.15) is 0 Å². The van der Waals surface area contributed by atoms with Crippen LogP contribution in [0.1, 0.15) is 13.3 Å². The molecule has 1 N–H and O–H groups in total. The Hall–Kier alpha value is -1.85. The van der Waals surface area contributed by atoms with Gasteiger partial charge >= 0.3 is 5.97 Å². The van der Waals surface area contributed by atoms with Gasteiger partial charge in [-0.15, -0.1) is 0 Å². The van der Waals surface area contributed by atoms with Crippen LogP contribution < -0.4 is 0 Å². The molecule has 0 heterocycles. The lowest BCUT2D eigenvalue weighted by atomic mass is 9.82. The molecule has 6 nitrogen and oxygen atoms in total. The molecule has 2 aliphatic carbocycles. The highest BCUT2D eigenvalue weighted by atomic mass is 16.4. The van der Waals surface area contributed by atoms with Gasteiger partial charge in [0.2, 0.25) is 11.8 Å². The number of aliphatic carboxylic acids is 1. The topological polar surface area (TPSA) is 77.9 Å². The van der Waals surface area contributed by atoms with E-state index in [1.165, 1.54) is 9.80 Å². The minimum Gasteiger partial charge on any atom is -0.481 e. The Morgan fingerprint density at radius 2 is 1.71 bits per heavy atom. The molecule has 2 rings (SSSR count). The van der Waals surface area contributed by atoms with Gasteiger partial charge in [-0.1, -0.05) is 12.2 Å². The van der Waals surface area contributed by atoms with E-state index in [0.29, 0.717) is 6.54 Å². The van der Waals surface area contributed by atoms with Crippen molar-refractivity contribution >= 4 is 17.8 Å². The van der Waals surface area contributed by atoms with Gasteiger partial charge in [0.25, 0.3) is 0 Å². The highest BCUT2D eigenvalue weighted by Gasteiger charge is 2.52. The first-order valence-electron chi connectivity index (χ1n) is 7.26. The second kappa shape index (κ2) is 5.87. The smallest absolute Gasteiger partial charge is 0.307 e. The number of carbonyl (C=O) groups is 3. The first-order chi connectivity index (χ1) is 9.86. The van der Waals surface area contributed by atoms with Gasteiger partial charge in [-0.05, 0) is 25.2 Å². The molecule has 4 unspecified atom stereocenters. The maximum absolute atomic E-state index is 12.7. The van der Waals surface area contributed by atoms with Crippen LogP contribution in [-0.4, -0.2) is 59.9 Å². The Bertz CT molecular complexity index is 486. The zero-order chi connectivity index (χ0) is 15.7. The maximum Gasteiger partial charge on any atom is 0.307 e. The Labute approximate surface area is 124 Å². The van der Waals surface area contributed by atoms with E-state index in [0.717, 1.165) is 6.42 Å². The van der Waals surface area contributed by atoms with Crippen molar-refractivity contribution in [1.29, 1.82) is 0 Å². The number of amides is 2. The van der Waals surface area contributed by atoms with Gasteiger partial charge in [-0.3, -0.25) is 14.4 Å². The van der Waals surface area contributed by atoms with Crippen molar-refractivity contribution in [1.82, 2.24) is 9.80 Å². The van der Waals surface area contributed by atoms with Gasteiger partial charge in [-0.25, -0.2) is 0 Å². The highest BCUT2D eigenvalue weighted by molar-refractivity contribution is 5.90. The molecular weight excluding hydrogens is 272 g/mol. The van der Waals surface area contributed by atoms with Crippen molar-refractivity contribution in [3.05, 3.63) is 12.2 Å². The largest absolute Gasteiger partial charge is 0.481 e. The van der Waals surface area contributed by atoms with Gasteiger partial charge < -0.3 is 14.9 Å².